The highest BCUT2D eigenvalue weighted by molar-refractivity contribution is 6.35. The number of pyridine rings is 1. The van der Waals surface area contributed by atoms with E-state index in [0.717, 1.165) is 49.9 Å². The fraction of sp³-hybridized carbons (Fsp3) is 0. The average Bonchev–Trinajstić information content (AvgIpc) is 3.58. The topological polar surface area (TPSA) is 31.0 Å². The summed E-state index contributed by atoms with van der Waals surface area (Å²) in [5.74, 6) is 0. The minimum atomic E-state index is 0.907. The van der Waals surface area contributed by atoms with E-state index in [-0.39, 0.29) is 0 Å². The molecule has 0 atom stereocenters. The highest BCUT2D eigenvalue weighted by atomic mass is 16.3. The quantitative estimate of drug-likeness (QED) is 0.232. The molecular weight excluding hydrogens is 488 g/mol. The SMILES string of the molecule is c1ccc2cc(-c3ccc(-n4c5ccccc5c5c6ccccc6c6c7ccccc7oc6c54)cc3)ncc2c1. The van der Waals surface area contributed by atoms with Crippen LogP contribution in [0.25, 0.3) is 82.2 Å². The van der Waals surface area contributed by atoms with Gasteiger partial charge in [-0.2, -0.15) is 0 Å². The van der Waals surface area contributed by atoms with Gasteiger partial charge in [-0.15, -0.1) is 0 Å². The fourth-order valence-electron chi connectivity index (χ4n) is 6.42. The summed E-state index contributed by atoms with van der Waals surface area (Å²) < 4.78 is 9.03. The third-order valence-corrected chi connectivity index (χ3v) is 8.20. The van der Waals surface area contributed by atoms with E-state index in [9.17, 15) is 0 Å². The van der Waals surface area contributed by atoms with Crippen molar-refractivity contribution in [3.63, 3.8) is 0 Å². The average molecular weight is 511 g/mol. The van der Waals surface area contributed by atoms with E-state index in [1.54, 1.807) is 0 Å². The Kier molecular flexibility index (Phi) is 4.33. The Bertz CT molecular complexity index is 2430. The number of nitrogens with zero attached hydrogens (tertiary/aromatic N) is 2. The maximum Gasteiger partial charge on any atom is 0.160 e. The van der Waals surface area contributed by atoms with Gasteiger partial charge in [0.1, 0.15) is 5.58 Å². The Morgan fingerprint density at radius 1 is 0.550 bits per heavy atom. The van der Waals surface area contributed by atoms with Gasteiger partial charge in [-0.25, -0.2) is 0 Å². The molecule has 186 valence electrons. The van der Waals surface area contributed by atoms with Crippen LogP contribution in [0.4, 0.5) is 0 Å². The molecule has 9 aromatic rings. The van der Waals surface area contributed by atoms with Gasteiger partial charge in [-0.3, -0.25) is 4.98 Å². The molecule has 3 heterocycles. The number of hydrogen-bond acceptors (Lipinski definition) is 2. The summed E-state index contributed by atoms with van der Waals surface area (Å²) in [7, 11) is 0. The lowest BCUT2D eigenvalue weighted by Crippen LogP contribution is -1.94. The zero-order valence-corrected chi connectivity index (χ0v) is 21.5. The first-order chi connectivity index (χ1) is 19.8. The summed E-state index contributed by atoms with van der Waals surface area (Å²) >= 11 is 0. The van der Waals surface area contributed by atoms with Crippen LogP contribution in [-0.2, 0) is 0 Å². The lowest BCUT2D eigenvalue weighted by molar-refractivity contribution is 0.671. The predicted octanol–water partition coefficient (Wildman–Crippen LogP) is 10.1. The predicted molar refractivity (Wildman–Crippen MR) is 166 cm³/mol. The second-order valence-corrected chi connectivity index (χ2v) is 10.4. The highest BCUT2D eigenvalue weighted by Crippen LogP contribution is 2.45. The van der Waals surface area contributed by atoms with Crippen LogP contribution in [0, 0.1) is 0 Å². The minimum absolute atomic E-state index is 0.907. The van der Waals surface area contributed by atoms with Gasteiger partial charge in [0, 0.05) is 44.4 Å². The molecule has 0 aliphatic rings. The molecule has 0 fully saturated rings. The van der Waals surface area contributed by atoms with E-state index < -0.39 is 0 Å². The summed E-state index contributed by atoms with van der Waals surface area (Å²) in [6, 6.07) is 45.0. The van der Waals surface area contributed by atoms with Crippen LogP contribution in [0.3, 0.4) is 0 Å². The summed E-state index contributed by atoms with van der Waals surface area (Å²) in [5.41, 5.74) is 7.24. The van der Waals surface area contributed by atoms with Crippen LogP contribution in [0.1, 0.15) is 0 Å². The molecule has 0 spiro atoms. The molecule has 0 unspecified atom stereocenters. The molecule has 0 amide bonds. The number of fused-ring (bicyclic) bond motifs is 11. The first kappa shape index (κ1) is 21.5. The number of furan rings is 1. The molecule has 6 aromatic carbocycles. The summed E-state index contributed by atoms with van der Waals surface area (Å²) in [6.45, 7) is 0. The number of hydrogen-bond donors (Lipinski definition) is 0. The van der Waals surface area contributed by atoms with Crippen LogP contribution in [0.5, 0.6) is 0 Å². The van der Waals surface area contributed by atoms with Crippen molar-refractivity contribution in [3.05, 3.63) is 134 Å². The molecular formula is C37H22N2O. The second kappa shape index (κ2) is 8.05. The van der Waals surface area contributed by atoms with Gasteiger partial charge >= 0.3 is 0 Å². The zero-order valence-electron chi connectivity index (χ0n) is 21.5. The van der Waals surface area contributed by atoms with Gasteiger partial charge in [-0.1, -0.05) is 97.1 Å². The van der Waals surface area contributed by atoms with Crippen LogP contribution in [0.2, 0.25) is 0 Å². The van der Waals surface area contributed by atoms with Crippen LogP contribution >= 0.6 is 0 Å². The molecule has 3 aromatic heterocycles. The smallest absolute Gasteiger partial charge is 0.160 e. The van der Waals surface area contributed by atoms with Crippen LogP contribution < -0.4 is 0 Å². The molecule has 9 rings (SSSR count). The van der Waals surface area contributed by atoms with E-state index in [2.05, 4.69) is 120 Å². The Morgan fingerprint density at radius 2 is 1.20 bits per heavy atom. The number of aromatic nitrogens is 2. The largest absolute Gasteiger partial charge is 0.454 e. The van der Waals surface area contributed by atoms with Crippen molar-refractivity contribution in [2.24, 2.45) is 0 Å². The zero-order chi connectivity index (χ0) is 26.2. The molecule has 40 heavy (non-hydrogen) atoms. The van der Waals surface area contributed by atoms with Crippen molar-refractivity contribution in [1.29, 1.82) is 0 Å². The van der Waals surface area contributed by atoms with Crippen molar-refractivity contribution in [3.8, 4) is 16.9 Å². The van der Waals surface area contributed by atoms with Gasteiger partial charge in [0.25, 0.3) is 0 Å². The molecule has 0 aliphatic heterocycles. The molecule has 0 radical (unpaired) electrons. The molecule has 0 saturated heterocycles. The van der Waals surface area contributed by atoms with Crippen molar-refractivity contribution >= 4 is 65.3 Å². The normalized spacial score (nSPS) is 12.0. The monoisotopic (exact) mass is 510 g/mol. The summed E-state index contributed by atoms with van der Waals surface area (Å²) in [5, 5.41) is 9.55. The summed E-state index contributed by atoms with van der Waals surface area (Å²) in [6.07, 6.45) is 1.95. The Hall–Kier alpha value is -5.41. The molecule has 3 heteroatoms. The van der Waals surface area contributed by atoms with Gasteiger partial charge in [0.2, 0.25) is 0 Å². The molecule has 0 saturated carbocycles. The third kappa shape index (κ3) is 2.92. The first-order valence-electron chi connectivity index (χ1n) is 13.6. The lowest BCUT2D eigenvalue weighted by Gasteiger charge is -2.11. The van der Waals surface area contributed by atoms with Crippen molar-refractivity contribution in [1.82, 2.24) is 9.55 Å². The van der Waals surface area contributed by atoms with E-state index in [4.69, 9.17) is 9.40 Å². The first-order valence-corrected chi connectivity index (χ1v) is 13.6. The van der Waals surface area contributed by atoms with Crippen molar-refractivity contribution < 1.29 is 4.42 Å². The van der Waals surface area contributed by atoms with Gasteiger partial charge in [0.05, 0.1) is 16.7 Å². The molecule has 0 aliphatic carbocycles. The third-order valence-electron chi connectivity index (χ3n) is 8.20. The number of rotatable bonds is 2. The van der Waals surface area contributed by atoms with E-state index in [1.165, 1.54) is 32.3 Å². The fourth-order valence-corrected chi connectivity index (χ4v) is 6.42. The maximum atomic E-state index is 6.67. The van der Waals surface area contributed by atoms with Gasteiger partial charge in [0.15, 0.2) is 5.58 Å². The standard InChI is InChI=1S/C37H22N2O/c1-2-10-25-22-38-31(21-24(25)9-1)23-17-19-26(20-18-23)39-32-15-7-5-13-29(32)34-27-11-3-4-12-28(27)35-30-14-6-8-16-33(30)40-37(35)36(34)39/h1-22H. The van der Waals surface area contributed by atoms with Crippen molar-refractivity contribution in [2.45, 2.75) is 0 Å². The van der Waals surface area contributed by atoms with Crippen molar-refractivity contribution in [2.75, 3.05) is 0 Å². The highest BCUT2D eigenvalue weighted by Gasteiger charge is 2.22. The van der Waals surface area contributed by atoms with E-state index >= 15 is 0 Å². The number of benzene rings is 6. The Morgan fingerprint density at radius 3 is 2.02 bits per heavy atom. The molecule has 3 nitrogen and oxygen atoms in total. The molecule has 0 N–H and O–H groups in total. The van der Waals surface area contributed by atoms with E-state index in [0.29, 0.717) is 0 Å². The lowest BCUT2D eigenvalue weighted by atomic mass is 9.99. The minimum Gasteiger partial charge on any atom is -0.454 e. The number of para-hydroxylation sites is 2. The van der Waals surface area contributed by atoms with Crippen LogP contribution in [0.15, 0.2) is 138 Å². The van der Waals surface area contributed by atoms with Crippen LogP contribution in [-0.4, -0.2) is 9.55 Å². The second-order valence-electron chi connectivity index (χ2n) is 10.4. The molecule has 0 bridgehead atoms. The summed E-state index contributed by atoms with van der Waals surface area (Å²) in [4.78, 5) is 4.75. The Labute approximate surface area is 229 Å². The van der Waals surface area contributed by atoms with Gasteiger partial charge < -0.3 is 8.98 Å². The maximum absolute atomic E-state index is 6.67. The Balaban J connectivity index is 1.37. The van der Waals surface area contributed by atoms with Gasteiger partial charge in [-0.05, 0) is 46.5 Å². The van der Waals surface area contributed by atoms with E-state index in [1.807, 2.05) is 18.3 Å².